The van der Waals surface area contributed by atoms with Crippen LogP contribution in [0.3, 0.4) is 0 Å². The van der Waals surface area contributed by atoms with Crippen LogP contribution in [0, 0.1) is 21.4 Å². The number of hydrogen-bond donors (Lipinski definition) is 2. The van der Waals surface area contributed by atoms with Crippen molar-refractivity contribution in [3.8, 4) is 0 Å². The maximum Gasteiger partial charge on any atom is 0.292 e. The lowest BCUT2D eigenvalue weighted by Gasteiger charge is -2.31. The Balaban J connectivity index is 2.04. The number of hydrogen-bond acceptors (Lipinski definition) is 4. The molecule has 1 saturated carbocycles. The first-order valence-electron chi connectivity index (χ1n) is 7.70. The van der Waals surface area contributed by atoms with Crippen LogP contribution in [0.1, 0.15) is 46.0 Å². The number of nitrogens with two attached hydrogens (primary N) is 1. The van der Waals surface area contributed by atoms with Gasteiger partial charge in [-0.2, -0.15) is 0 Å². The van der Waals surface area contributed by atoms with Crippen LogP contribution in [-0.4, -0.2) is 11.5 Å². The zero-order chi connectivity index (χ0) is 15.5. The lowest BCUT2D eigenvalue weighted by Crippen LogP contribution is -2.28. The summed E-state index contributed by atoms with van der Waals surface area (Å²) >= 11 is 0. The largest absolute Gasteiger partial charge is 0.393 e. The van der Waals surface area contributed by atoms with Gasteiger partial charge < -0.3 is 11.1 Å². The molecular formula is C16H25N3O2. The van der Waals surface area contributed by atoms with Gasteiger partial charge >= 0.3 is 0 Å². The van der Waals surface area contributed by atoms with E-state index >= 15 is 0 Å². The zero-order valence-electron chi connectivity index (χ0n) is 12.9. The highest BCUT2D eigenvalue weighted by Gasteiger charge is 2.34. The smallest absolute Gasteiger partial charge is 0.292 e. The molecule has 1 aromatic carbocycles. The van der Waals surface area contributed by atoms with Crippen molar-refractivity contribution in [1.29, 1.82) is 0 Å². The Morgan fingerprint density at radius 1 is 1.38 bits per heavy atom. The monoisotopic (exact) mass is 291 g/mol. The Bertz CT molecular complexity index is 508. The van der Waals surface area contributed by atoms with Crippen molar-refractivity contribution in [3.63, 3.8) is 0 Å². The third-order valence-electron chi connectivity index (χ3n) is 4.40. The van der Waals surface area contributed by atoms with Crippen molar-refractivity contribution in [1.82, 2.24) is 0 Å². The molecule has 1 aromatic rings. The number of nitro groups is 1. The topological polar surface area (TPSA) is 81.2 Å². The molecule has 1 fully saturated rings. The van der Waals surface area contributed by atoms with Crippen LogP contribution in [-0.2, 0) is 0 Å². The van der Waals surface area contributed by atoms with E-state index in [1.165, 1.54) is 38.2 Å². The Kier molecular flexibility index (Phi) is 4.70. The number of nitrogens with zero attached hydrogens (tertiary/aromatic N) is 1. The van der Waals surface area contributed by atoms with E-state index in [-0.39, 0.29) is 11.4 Å². The second-order valence-electron chi connectivity index (χ2n) is 6.69. The zero-order valence-corrected chi connectivity index (χ0v) is 12.9. The molecule has 2 rings (SSSR count). The van der Waals surface area contributed by atoms with Gasteiger partial charge in [0.2, 0.25) is 0 Å². The van der Waals surface area contributed by atoms with Crippen molar-refractivity contribution in [2.75, 3.05) is 17.6 Å². The molecule has 1 aliphatic carbocycles. The summed E-state index contributed by atoms with van der Waals surface area (Å²) in [6.45, 7) is 5.45. The third kappa shape index (κ3) is 3.86. The number of anilines is 2. The second kappa shape index (κ2) is 6.33. The molecule has 0 amide bonds. The Labute approximate surface area is 126 Å². The van der Waals surface area contributed by atoms with Crippen LogP contribution in [0.2, 0.25) is 0 Å². The standard InChI is InChI=1S/C16H25N3O2/c1-12(2)10-16(7-3-4-8-16)11-18-13-5-6-15(19(20)21)14(17)9-13/h5-6,9,12,18H,3-4,7-8,10-11,17H2,1-2H3. The van der Waals surface area contributed by atoms with E-state index in [1.54, 1.807) is 12.1 Å². The molecule has 21 heavy (non-hydrogen) atoms. The van der Waals surface area contributed by atoms with Crippen LogP contribution in [0.5, 0.6) is 0 Å². The summed E-state index contributed by atoms with van der Waals surface area (Å²) in [4.78, 5) is 10.3. The molecule has 5 heteroatoms. The summed E-state index contributed by atoms with van der Waals surface area (Å²) in [6.07, 6.45) is 6.36. The normalized spacial score (nSPS) is 17.1. The van der Waals surface area contributed by atoms with Crippen LogP contribution < -0.4 is 11.1 Å². The van der Waals surface area contributed by atoms with E-state index in [2.05, 4.69) is 19.2 Å². The first kappa shape index (κ1) is 15.6. The minimum atomic E-state index is -0.448. The number of nitrogen functional groups attached to an aromatic ring is 1. The number of rotatable bonds is 6. The molecule has 0 heterocycles. The van der Waals surface area contributed by atoms with Crippen LogP contribution in [0.4, 0.5) is 17.1 Å². The lowest BCUT2D eigenvalue weighted by atomic mass is 9.78. The molecule has 0 radical (unpaired) electrons. The third-order valence-corrected chi connectivity index (χ3v) is 4.40. The molecule has 0 aliphatic heterocycles. The fraction of sp³-hybridized carbons (Fsp3) is 0.625. The van der Waals surface area contributed by atoms with E-state index in [9.17, 15) is 10.1 Å². The van der Waals surface area contributed by atoms with Gasteiger partial charge in [-0.05, 0) is 42.7 Å². The van der Waals surface area contributed by atoms with Gasteiger partial charge in [-0.1, -0.05) is 26.7 Å². The number of nitrogens with one attached hydrogen (secondary N) is 1. The molecule has 5 nitrogen and oxygen atoms in total. The van der Waals surface area contributed by atoms with E-state index in [1.807, 2.05) is 0 Å². The van der Waals surface area contributed by atoms with Gasteiger partial charge in [-0.3, -0.25) is 10.1 Å². The highest BCUT2D eigenvalue weighted by atomic mass is 16.6. The SMILES string of the molecule is CC(C)CC1(CNc2ccc([N+](=O)[O-])c(N)c2)CCCC1. The van der Waals surface area contributed by atoms with Gasteiger partial charge in [0.05, 0.1) is 4.92 Å². The molecule has 0 saturated heterocycles. The van der Waals surface area contributed by atoms with Crippen molar-refractivity contribution < 1.29 is 4.92 Å². The average Bonchev–Trinajstić information content (AvgIpc) is 2.84. The summed E-state index contributed by atoms with van der Waals surface area (Å²) < 4.78 is 0. The van der Waals surface area contributed by atoms with Crippen molar-refractivity contribution in [2.45, 2.75) is 46.0 Å². The molecular weight excluding hydrogens is 266 g/mol. The van der Waals surface area contributed by atoms with Crippen molar-refractivity contribution in [2.24, 2.45) is 11.3 Å². The molecule has 0 spiro atoms. The highest BCUT2D eigenvalue weighted by molar-refractivity contribution is 5.65. The van der Waals surface area contributed by atoms with E-state index < -0.39 is 4.92 Å². The van der Waals surface area contributed by atoms with Gasteiger partial charge in [-0.15, -0.1) is 0 Å². The van der Waals surface area contributed by atoms with Crippen molar-refractivity contribution >= 4 is 17.1 Å². The Morgan fingerprint density at radius 2 is 2.05 bits per heavy atom. The van der Waals surface area contributed by atoms with Gasteiger partial charge in [0.1, 0.15) is 5.69 Å². The molecule has 0 atom stereocenters. The van der Waals surface area contributed by atoms with Crippen LogP contribution in [0.25, 0.3) is 0 Å². The summed E-state index contributed by atoms with van der Waals surface area (Å²) in [5.74, 6) is 0.687. The first-order valence-corrected chi connectivity index (χ1v) is 7.70. The van der Waals surface area contributed by atoms with Gasteiger partial charge in [0, 0.05) is 18.3 Å². The first-order chi connectivity index (χ1) is 9.92. The fourth-order valence-electron chi connectivity index (χ4n) is 3.56. The quantitative estimate of drug-likeness (QED) is 0.467. The Hall–Kier alpha value is -1.78. The molecule has 116 valence electrons. The summed E-state index contributed by atoms with van der Waals surface area (Å²) in [7, 11) is 0. The maximum atomic E-state index is 10.8. The lowest BCUT2D eigenvalue weighted by molar-refractivity contribution is -0.383. The fourth-order valence-corrected chi connectivity index (χ4v) is 3.56. The molecule has 0 bridgehead atoms. The second-order valence-corrected chi connectivity index (χ2v) is 6.69. The van der Waals surface area contributed by atoms with Gasteiger partial charge in [0.15, 0.2) is 0 Å². The summed E-state index contributed by atoms with van der Waals surface area (Å²) in [6, 6.07) is 4.88. The van der Waals surface area contributed by atoms with Crippen molar-refractivity contribution in [3.05, 3.63) is 28.3 Å². The van der Waals surface area contributed by atoms with E-state index in [0.717, 1.165) is 12.2 Å². The van der Waals surface area contributed by atoms with E-state index in [0.29, 0.717) is 11.3 Å². The van der Waals surface area contributed by atoms with Gasteiger partial charge in [0.25, 0.3) is 5.69 Å². The van der Waals surface area contributed by atoms with Crippen LogP contribution >= 0.6 is 0 Å². The minimum Gasteiger partial charge on any atom is -0.393 e. The average molecular weight is 291 g/mol. The predicted octanol–water partition coefficient (Wildman–Crippen LogP) is 4.20. The number of benzene rings is 1. The van der Waals surface area contributed by atoms with Crippen LogP contribution in [0.15, 0.2) is 18.2 Å². The molecule has 3 N–H and O–H groups in total. The molecule has 1 aliphatic rings. The summed E-state index contributed by atoms with van der Waals surface area (Å²) in [5, 5.41) is 14.2. The maximum absolute atomic E-state index is 10.8. The number of nitro benzene ring substituents is 1. The minimum absolute atomic E-state index is 0.0293. The van der Waals surface area contributed by atoms with E-state index in [4.69, 9.17) is 5.73 Å². The highest BCUT2D eigenvalue weighted by Crippen LogP contribution is 2.43. The summed E-state index contributed by atoms with van der Waals surface area (Å²) in [5.41, 5.74) is 7.16. The van der Waals surface area contributed by atoms with Gasteiger partial charge in [-0.25, -0.2) is 0 Å². The molecule has 0 unspecified atom stereocenters. The Morgan fingerprint density at radius 3 is 2.57 bits per heavy atom. The predicted molar refractivity (Wildman–Crippen MR) is 86.4 cm³/mol. The molecule has 0 aromatic heterocycles.